The van der Waals surface area contributed by atoms with Crippen molar-refractivity contribution in [2.24, 2.45) is 5.73 Å². The monoisotopic (exact) mass is 299 g/mol. The molecule has 3 N–H and O–H groups in total. The third kappa shape index (κ3) is 4.60. The van der Waals surface area contributed by atoms with Gasteiger partial charge in [-0.3, -0.25) is 4.79 Å². The van der Waals surface area contributed by atoms with E-state index in [0.29, 0.717) is 13.0 Å². The molecule has 0 radical (unpaired) electrons. The van der Waals surface area contributed by atoms with E-state index in [0.717, 1.165) is 22.4 Å². The first-order chi connectivity index (χ1) is 10.6. The summed E-state index contributed by atoms with van der Waals surface area (Å²) in [6.45, 7) is 2.49. The topological polar surface area (TPSA) is 72.6 Å². The Morgan fingerprint density at radius 3 is 2.59 bits per heavy atom. The zero-order valence-electron chi connectivity index (χ0n) is 12.7. The minimum Gasteiger partial charge on any atom is -0.489 e. The predicted molar refractivity (Wildman–Crippen MR) is 85.8 cm³/mol. The highest BCUT2D eigenvalue weighted by Crippen LogP contribution is 2.24. The number of carbonyl (C=O) groups is 1. The van der Waals surface area contributed by atoms with Crippen LogP contribution in [-0.2, 0) is 11.4 Å². The van der Waals surface area contributed by atoms with Gasteiger partial charge in [-0.05, 0) is 36.1 Å². The lowest BCUT2D eigenvalue weighted by Gasteiger charge is -2.14. The summed E-state index contributed by atoms with van der Waals surface area (Å²) in [6.07, 6.45) is 0.505. The Bertz CT molecular complexity index is 625. The first kappa shape index (κ1) is 16.0. The van der Waals surface area contributed by atoms with Crippen molar-refractivity contribution in [3.8, 4) is 5.75 Å². The van der Waals surface area contributed by atoms with Crippen molar-refractivity contribution >= 4 is 5.97 Å². The lowest BCUT2D eigenvalue weighted by Crippen LogP contribution is -2.12. The molecule has 0 fully saturated rings. The molecule has 0 bridgehead atoms. The van der Waals surface area contributed by atoms with E-state index in [1.54, 1.807) is 0 Å². The predicted octanol–water partition coefficient (Wildman–Crippen LogP) is 3.44. The van der Waals surface area contributed by atoms with Crippen LogP contribution < -0.4 is 10.5 Å². The second kappa shape index (κ2) is 7.61. The molecule has 22 heavy (non-hydrogen) atoms. The smallest absolute Gasteiger partial charge is 0.303 e. The van der Waals surface area contributed by atoms with Crippen molar-refractivity contribution in [3.63, 3.8) is 0 Å². The van der Waals surface area contributed by atoms with E-state index < -0.39 is 5.97 Å². The van der Waals surface area contributed by atoms with Crippen molar-refractivity contribution in [1.29, 1.82) is 0 Å². The number of aliphatic carboxylic acids is 1. The summed E-state index contributed by atoms with van der Waals surface area (Å²) in [6, 6.07) is 15.5. The molecule has 4 heteroatoms. The van der Waals surface area contributed by atoms with E-state index in [2.05, 4.69) is 0 Å². The van der Waals surface area contributed by atoms with E-state index in [1.807, 2.05) is 55.5 Å². The van der Waals surface area contributed by atoms with Gasteiger partial charge in [0.1, 0.15) is 12.4 Å². The Morgan fingerprint density at radius 1 is 1.23 bits per heavy atom. The van der Waals surface area contributed by atoms with Crippen LogP contribution in [0, 0.1) is 6.92 Å². The Labute approximate surface area is 130 Å². The van der Waals surface area contributed by atoms with Gasteiger partial charge in [0.05, 0.1) is 0 Å². The average Bonchev–Trinajstić information content (AvgIpc) is 2.52. The fraction of sp³-hybridized carbons (Fsp3) is 0.278. The number of aryl methyl sites for hydroxylation is 1. The molecule has 0 aromatic heterocycles. The van der Waals surface area contributed by atoms with Gasteiger partial charge in [0, 0.05) is 12.5 Å². The molecule has 1 unspecified atom stereocenters. The van der Waals surface area contributed by atoms with Crippen LogP contribution in [-0.4, -0.2) is 11.1 Å². The number of rotatable bonds is 7. The van der Waals surface area contributed by atoms with Crippen molar-refractivity contribution in [3.05, 3.63) is 65.2 Å². The lowest BCUT2D eigenvalue weighted by atomic mass is 10.0. The van der Waals surface area contributed by atoms with Crippen molar-refractivity contribution in [2.45, 2.75) is 32.4 Å². The molecular formula is C18H21NO3. The number of benzene rings is 2. The zero-order chi connectivity index (χ0) is 15.9. The molecule has 0 aliphatic carbocycles. The summed E-state index contributed by atoms with van der Waals surface area (Å²) in [5.41, 5.74) is 9.07. The minimum absolute atomic E-state index is 0.0759. The van der Waals surface area contributed by atoms with Gasteiger partial charge in [0.25, 0.3) is 0 Å². The molecule has 0 spiro atoms. The Hall–Kier alpha value is -2.33. The van der Waals surface area contributed by atoms with Crippen LogP contribution in [0.5, 0.6) is 5.75 Å². The van der Waals surface area contributed by atoms with Crippen LogP contribution in [0.15, 0.2) is 48.5 Å². The summed E-state index contributed by atoms with van der Waals surface area (Å²) in [7, 11) is 0. The van der Waals surface area contributed by atoms with Gasteiger partial charge in [-0.25, -0.2) is 0 Å². The van der Waals surface area contributed by atoms with E-state index in [-0.39, 0.29) is 12.5 Å². The summed E-state index contributed by atoms with van der Waals surface area (Å²) >= 11 is 0. The number of carboxylic acid groups (broad SMARTS) is 1. The van der Waals surface area contributed by atoms with Gasteiger partial charge in [-0.2, -0.15) is 0 Å². The van der Waals surface area contributed by atoms with Crippen molar-refractivity contribution in [1.82, 2.24) is 0 Å². The van der Waals surface area contributed by atoms with E-state index in [9.17, 15) is 4.79 Å². The van der Waals surface area contributed by atoms with Crippen LogP contribution in [0.2, 0.25) is 0 Å². The largest absolute Gasteiger partial charge is 0.489 e. The normalized spacial score (nSPS) is 11.9. The summed E-state index contributed by atoms with van der Waals surface area (Å²) in [5, 5.41) is 8.71. The first-order valence-corrected chi connectivity index (χ1v) is 7.31. The molecule has 4 nitrogen and oxygen atoms in total. The number of ether oxygens (including phenoxy) is 1. The van der Waals surface area contributed by atoms with Gasteiger partial charge in [0.2, 0.25) is 0 Å². The van der Waals surface area contributed by atoms with Gasteiger partial charge in [-0.1, -0.05) is 42.5 Å². The fourth-order valence-corrected chi connectivity index (χ4v) is 2.25. The third-order valence-electron chi connectivity index (χ3n) is 3.53. The van der Waals surface area contributed by atoms with Gasteiger partial charge in [-0.15, -0.1) is 0 Å². The quantitative estimate of drug-likeness (QED) is 0.821. The molecule has 1 atom stereocenters. The number of hydrogen-bond donors (Lipinski definition) is 2. The van der Waals surface area contributed by atoms with Gasteiger partial charge >= 0.3 is 5.97 Å². The molecule has 0 aliphatic heterocycles. The molecule has 0 saturated heterocycles. The van der Waals surface area contributed by atoms with E-state index >= 15 is 0 Å². The minimum atomic E-state index is -0.824. The van der Waals surface area contributed by atoms with E-state index in [4.69, 9.17) is 15.6 Å². The molecule has 0 saturated carbocycles. The molecular weight excluding hydrogens is 278 g/mol. The van der Waals surface area contributed by atoms with Crippen LogP contribution >= 0.6 is 0 Å². The van der Waals surface area contributed by atoms with E-state index in [1.165, 1.54) is 0 Å². The molecule has 2 rings (SSSR count). The van der Waals surface area contributed by atoms with Crippen LogP contribution in [0.1, 0.15) is 35.6 Å². The number of hydrogen-bond acceptors (Lipinski definition) is 3. The maximum absolute atomic E-state index is 10.6. The summed E-state index contributed by atoms with van der Waals surface area (Å²) in [4.78, 5) is 10.6. The Morgan fingerprint density at radius 2 is 1.95 bits per heavy atom. The molecule has 0 aliphatic rings. The average molecular weight is 299 g/mol. The highest BCUT2D eigenvalue weighted by molar-refractivity contribution is 5.66. The zero-order valence-corrected chi connectivity index (χ0v) is 12.7. The Kier molecular flexibility index (Phi) is 5.55. The maximum atomic E-state index is 10.6. The highest BCUT2D eigenvalue weighted by atomic mass is 16.5. The molecule has 2 aromatic rings. The fourth-order valence-electron chi connectivity index (χ4n) is 2.25. The maximum Gasteiger partial charge on any atom is 0.303 e. The van der Waals surface area contributed by atoms with Crippen molar-refractivity contribution < 1.29 is 14.6 Å². The second-order valence-corrected chi connectivity index (χ2v) is 5.34. The SMILES string of the molecule is Cc1cc(C(N)CCC(=O)O)ccc1OCc1ccccc1. The van der Waals surface area contributed by atoms with Crippen LogP contribution in [0.3, 0.4) is 0 Å². The summed E-state index contributed by atoms with van der Waals surface area (Å²) < 4.78 is 5.82. The summed E-state index contributed by atoms with van der Waals surface area (Å²) in [5.74, 6) is -0.00646. The first-order valence-electron chi connectivity index (χ1n) is 7.31. The molecule has 2 aromatic carbocycles. The lowest BCUT2D eigenvalue weighted by molar-refractivity contribution is -0.137. The molecule has 0 heterocycles. The number of carboxylic acids is 1. The standard InChI is InChI=1S/C18H21NO3/c1-13-11-15(16(19)8-10-18(20)21)7-9-17(13)22-12-14-5-3-2-4-6-14/h2-7,9,11,16H,8,10,12,19H2,1H3,(H,20,21). The van der Waals surface area contributed by atoms with Gasteiger partial charge in [0.15, 0.2) is 0 Å². The Balaban J connectivity index is 1.98. The van der Waals surface area contributed by atoms with Crippen molar-refractivity contribution in [2.75, 3.05) is 0 Å². The van der Waals surface area contributed by atoms with Gasteiger partial charge < -0.3 is 15.6 Å². The third-order valence-corrected chi connectivity index (χ3v) is 3.53. The van der Waals surface area contributed by atoms with Crippen LogP contribution in [0.25, 0.3) is 0 Å². The number of nitrogens with two attached hydrogens (primary N) is 1. The van der Waals surface area contributed by atoms with Crippen LogP contribution in [0.4, 0.5) is 0 Å². The second-order valence-electron chi connectivity index (χ2n) is 5.34. The molecule has 0 amide bonds. The molecule has 116 valence electrons. The highest BCUT2D eigenvalue weighted by Gasteiger charge is 2.10.